The molecule has 0 atom stereocenters. The van der Waals surface area contributed by atoms with E-state index >= 15 is 0 Å². The molecule has 0 aliphatic heterocycles. The molecule has 0 fully saturated rings. The van der Waals surface area contributed by atoms with E-state index in [0.717, 1.165) is 13.8 Å². The second-order valence-corrected chi connectivity index (χ2v) is 2.10. The molecule has 0 aliphatic rings. The predicted molar refractivity (Wildman–Crippen MR) is 31.7 cm³/mol. The summed E-state index contributed by atoms with van der Waals surface area (Å²) in [6, 6.07) is 0. The van der Waals surface area contributed by atoms with Crippen LogP contribution in [0.1, 0.15) is 13.8 Å². The fraction of sp³-hybridized carbons (Fsp3) is 0.500. The zero-order valence-corrected chi connectivity index (χ0v) is 6.27. The summed E-state index contributed by atoms with van der Waals surface area (Å²) in [4.78, 5) is 20.1. The van der Waals surface area contributed by atoms with Gasteiger partial charge in [0.25, 0.3) is 0 Å². The van der Waals surface area contributed by atoms with Gasteiger partial charge in [-0.2, -0.15) is 4.21 Å². The Hall–Kier alpha value is -0.910. The molecular weight excluding hydrogens is 160 g/mol. The van der Waals surface area contributed by atoms with E-state index in [1.54, 1.807) is 0 Å². The lowest BCUT2D eigenvalue weighted by Crippen LogP contribution is -2.09. The van der Waals surface area contributed by atoms with E-state index in [-0.39, 0.29) is 0 Å². The average Bonchev–Trinajstić information content (AvgIpc) is 1.58. The molecular formula is C4H6O5S. The Balaban J connectivity index is 3.65. The Morgan fingerprint density at radius 3 is 1.60 bits per heavy atom. The van der Waals surface area contributed by atoms with Crippen LogP contribution in [-0.2, 0) is 29.3 Å². The molecule has 0 saturated heterocycles. The van der Waals surface area contributed by atoms with Crippen molar-refractivity contribution in [3.8, 4) is 0 Å². The van der Waals surface area contributed by atoms with Gasteiger partial charge in [0, 0.05) is 13.8 Å². The summed E-state index contributed by atoms with van der Waals surface area (Å²) in [6.07, 6.45) is 0. The van der Waals surface area contributed by atoms with E-state index in [4.69, 9.17) is 0 Å². The van der Waals surface area contributed by atoms with Gasteiger partial charge in [0.15, 0.2) is 0 Å². The first kappa shape index (κ1) is 9.09. The van der Waals surface area contributed by atoms with Gasteiger partial charge in [0.2, 0.25) is 0 Å². The molecule has 0 radical (unpaired) electrons. The van der Waals surface area contributed by atoms with E-state index in [1.807, 2.05) is 0 Å². The van der Waals surface area contributed by atoms with Gasteiger partial charge in [-0.25, -0.2) is 0 Å². The highest BCUT2D eigenvalue weighted by Gasteiger charge is 2.06. The van der Waals surface area contributed by atoms with Crippen molar-refractivity contribution in [2.75, 3.05) is 0 Å². The Bertz CT molecular complexity index is 156. The lowest BCUT2D eigenvalue weighted by Gasteiger charge is -1.96. The van der Waals surface area contributed by atoms with Crippen molar-refractivity contribution in [3.63, 3.8) is 0 Å². The third-order valence-corrected chi connectivity index (χ3v) is 1.11. The molecule has 0 heterocycles. The van der Waals surface area contributed by atoms with Crippen LogP contribution in [0.15, 0.2) is 0 Å². The summed E-state index contributed by atoms with van der Waals surface area (Å²) in [6.45, 7) is 2.11. The smallest absolute Gasteiger partial charge is 0.335 e. The summed E-state index contributed by atoms with van der Waals surface area (Å²) in [5.41, 5.74) is 0. The fourth-order valence-electron chi connectivity index (χ4n) is 0.209. The van der Waals surface area contributed by atoms with Gasteiger partial charge in [0.1, 0.15) is 0 Å². The molecule has 58 valence electrons. The van der Waals surface area contributed by atoms with Crippen LogP contribution in [0, 0.1) is 0 Å². The standard InChI is InChI=1S/C4H6O5S/c1-3(5)8-10(7)9-4(2)6/h1-2H3. The maximum Gasteiger partial charge on any atom is 0.422 e. The second kappa shape index (κ2) is 3.99. The van der Waals surface area contributed by atoms with Crippen LogP contribution >= 0.6 is 0 Å². The monoisotopic (exact) mass is 166 g/mol. The van der Waals surface area contributed by atoms with Crippen molar-refractivity contribution in [3.05, 3.63) is 0 Å². The van der Waals surface area contributed by atoms with E-state index in [9.17, 15) is 13.8 Å². The van der Waals surface area contributed by atoms with Crippen LogP contribution < -0.4 is 0 Å². The van der Waals surface area contributed by atoms with Crippen molar-refractivity contribution in [2.45, 2.75) is 13.8 Å². The number of rotatable bonds is 2. The lowest BCUT2D eigenvalue weighted by atomic mass is 10.9. The average molecular weight is 166 g/mol. The molecule has 6 heteroatoms. The first-order chi connectivity index (χ1) is 4.52. The molecule has 0 rings (SSSR count). The lowest BCUT2D eigenvalue weighted by molar-refractivity contribution is -0.134. The first-order valence-electron chi connectivity index (χ1n) is 2.32. The molecule has 0 amide bonds. The zero-order valence-electron chi connectivity index (χ0n) is 5.45. The summed E-state index contributed by atoms with van der Waals surface area (Å²) >= 11 is -2.28. The predicted octanol–water partition coefficient (Wildman–Crippen LogP) is -0.309. The highest BCUT2D eigenvalue weighted by atomic mass is 32.2. The van der Waals surface area contributed by atoms with Gasteiger partial charge < -0.3 is 8.37 Å². The highest BCUT2D eigenvalue weighted by Crippen LogP contribution is 1.89. The molecule has 5 nitrogen and oxygen atoms in total. The Kier molecular flexibility index (Phi) is 3.63. The summed E-state index contributed by atoms with van der Waals surface area (Å²) in [5.74, 6) is -1.53. The Morgan fingerprint density at radius 2 is 1.40 bits per heavy atom. The molecule has 0 aromatic carbocycles. The van der Waals surface area contributed by atoms with Crippen LogP contribution in [0.5, 0.6) is 0 Å². The van der Waals surface area contributed by atoms with Crippen LogP contribution in [0.25, 0.3) is 0 Å². The molecule has 0 aromatic rings. The quantitative estimate of drug-likeness (QED) is 0.562. The van der Waals surface area contributed by atoms with Gasteiger partial charge >= 0.3 is 23.3 Å². The minimum absolute atomic E-state index is 0.764. The minimum Gasteiger partial charge on any atom is -0.335 e. The number of carbonyl (C=O) groups is 2. The van der Waals surface area contributed by atoms with Crippen LogP contribution in [-0.4, -0.2) is 16.1 Å². The molecule has 0 aromatic heterocycles. The molecule has 10 heavy (non-hydrogen) atoms. The maximum absolute atomic E-state index is 10.3. The largest absolute Gasteiger partial charge is 0.422 e. The first-order valence-corrected chi connectivity index (χ1v) is 3.32. The normalized spacial score (nSPS) is 9.10. The second-order valence-electron chi connectivity index (χ2n) is 1.35. The fourth-order valence-corrected chi connectivity index (χ4v) is 0.626. The zero-order chi connectivity index (χ0) is 8.15. The highest BCUT2D eigenvalue weighted by molar-refractivity contribution is 7.76. The van der Waals surface area contributed by atoms with Gasteiger partial charge in [-0.05, 0) is 0 Å². The van der Waals surface area contributed by atoms with Crippen LogP contribution in [0.2, 0.25) is 0 Å². The molecule has 0 unspecified atom stereocenters. The number of hydrogen-bond donors (Lipinski definition) is 0. The van der Waals surface area contributed by atoms with Crippen LogP contribution in [0.3, 0.4) is 0 Å². The van der Waals surface area contributed by atoms with E-state index in [0.29, 0.717) is 0 Å². The van der Waals surface area contributed by atoms with Gasteiger partial charge in [0.05, 0.1) is 0 Å². The van der Waals surface area contributed by atoms with E-state index in [2.05, 4.69) is 8.37 Å². The summed E-state index contributed by atoms with van der Waals surface area (Å²) in [5, 5.41) is 0. The van der Waals surface area contributed by atoms with Crippen molar-refractivity contribution in [2.24, 2.45) is 0 Å². The van der Waals surface area contributed by atoms with Gasteiger partial charge in [-0.1, -0.05) is 0 Å². The molecule has 0 spiro atoms. The van der Waals surface area contributed by atoms with Gasteiger partial charge in [-0.15, -0.1) is 0 Å². The number of hydrogen-bond acceptors (Lipinski definition) is 5. The third-order valence-electron chi connectivity index (χ3n) is 0.371. The molecule has 0 N–H and O–H groups in total. The van der Waals surface area contributed by atoms with Crippen molar-refractivity contribution in [1.29, 1.82) is 0 Å². The van der Waals surface area contributed by atoms with Crippen molar-refractivity contribution < 1.29 is 22.2 Å². The van der Waals surface area contributed by atoms with Crippen molar-refractivity contribution >= 4 is 23.3 Å². The van der Waals surface area contributed by atoms with Gasteiger partial charge in [-0.3, -0.25) is 9.59 Å². The molecule has 0 saturated carbocycles. The third kappa shape index (κ3) is 5.23. The minimum atomic E-state index is -2.28. The topological polar surface area (TPSA) is 69.7 Å². The van der Waals surface area contributed by atoms with E-state index < -0.39 is 23.3 Å². The molecule has 0 bridgehead atoms. The van der Waals surface area contributed by atoms with Crippen LogP contribution in [0.4, 0.5) is 0 Å². The molecule has 0 aliphatic carbocycles. The SMILES string of the molecule is CC(=O)OS(=O)OC(C)=O. The summed E-state index contributed by atoms with van der Waals surface area (Å²) < 4.78 is 18.2. The Morgan fingerprint density at radius 1 is 1.10 bits per heavy atom. The number of carbonyl (C=O) groups excluding carboxylic acids is 2. The van der Waals surface area contributed by atoms with E-state index in [1.165, 1.54) is 0 Å². The Labute approximate surface area is 60.2 Å². The van der Waals surface area contributed by atoms with Crippen molar-refractivity contribution in [1.82, 2.24) is 0 Å². The maximum atomic E-state index is 10.3. The summed E-state index contributed by atoms with van der Waals surface area (Å²) in [7, 11) is 0.